The van der Waals surface area contributed by atoms with Crippen LogP contribution in [0.4, 0.5) is 4.39 Å². The van der Waals surface area contributed by atoms with E-state index in [2.05, 4.69) is 15.6 Å². The summed E-state index contributed by atoms with van der Waals surface area (Å²) in [5.41, 5.74) is 3.54. The van der Waals surface area contributed by atoms with E-state index in [-0.39, 0.29) is 18.0 Å². The molecule has 0 unspecified atom stereocenters. The maximum atomic E-state index is 13.7. The molecule has 2 amide bonds. The maximum absolute atomic E-state index is 13.7. The molecule has 6 rings (SSSR count). The number of aromatic nitrogens is 3. The smallest absolute Gasteiger partial charge is 0.253 e. The normalized spacial score (nSPS) is 13.8. The fourth-order valence-corrected chi connectivity index (χ4v) is 6.49. The van der Waals surface area contributed by atoms with Gasteiger partial charge in [0.1, 0.15) is 5.82 Å². The Morgan fingerprint density at radius 3 is 2.38 bits per heavy atom. The van der Waals surface area contributed by atoms with Crippen molar-refractivity contribution in [1.82, 2.24) is 25.3 Å². The number of rotatable bonds is 9. The van der Waals surface area contributed by atoms with Crippen molar-refractivity contribution in [2.75, 3.05) is 24.3 Å². The Kier molecular flexibility index (Phi) is 7.61. The van der Waals surface area contributed by atoms with Crippen LogP contribution in [0.15, 0.2) is 85.2 Å². The summed E-state index contributed by atoms with van der Waals surface area (Å²) in [6.07, 6.45) is 5.91. The summed E-state index contributed by atoms with van der Waals surface area (Å²) in [5.74, 6) is -1.13. The number of nitrogens with zero attached hydrogens (tertiary/aromatic N) is 4. The minimum Gasteiger partial charge on any atom is -0.355 e. The molecule has 2 aromatic carbocycles. The van der Waals surface area contributed by atoms with Gasteiger partial charge in [0.15, 0.2) is 0 Å². The molecule has 0 bridgehead atoms. The lowest BCUT2D eigenvalue weighted by Gasteiger charge is -2.27. The van der Waals surface area contributed by atoms with Crippen molar-refractivity contribution in [3.05, 3.63) is 108 Å². The molecule has 3 aliphatic rings. The zero-order valence-electron chi connectivity index (χ0n) is 24.9. The van der Waals surface area contributed by atoms with Gasteiger partial charge >= 0.3 is 0 Å². The predicted octanol–water partition coefficient (Wildman–Crippen LogP) is 4.55. The van der Waals surface area contributed by atoms with Crippen LogP contribution < -0.4 is 15.0 Å². The van der Waals surface area contributed by atoms with Crippen molar-refractivity contribution < 1.29 is 22.4 Å². The Hall–Kier alpha value is -5.10. The number of hydrogen-bond donors (Lipinski definition) is 2. The molecular weight excluding hydrogens is 595 g/mol. The average Bonchev–Trinajstić information content (AvgIpc) is 3.72. The molecule has 0 atom stereocenters. The average molecular weight is 627 g/mol. The van der Waals surface area contributed by atoms with Crippen LogP contribution in [-0.2, 0) is 15.6 Å². The Morgan fingerprint density at radius 1 is 1.00 bits per heavy atom. The first-order chi connectivity index (χ1) is 21.5. The van der Waals surface area contributed by atoms with Gasteiger partial charge in [0.05, 0.1) is 46.3 Å². The fourth-order valence-electron chi connectivity index (χ4n) is 5.57. The molecule has 3 heterocycles. The van der Waals surface area contributed by atoms with E-state index >= 15 is 0 Å². The molecule has 3 aromatic rings. The third kappa shape index (κ3) is 5.64. The van der Waals surface area contributed by atoms with E-state index in [1.165, 1.54) is 40.4 Å². The van der Waals surface area contributed by atoms with E-state index in [9.17, 15) is 22.4 Å². The molecular formula is C33H31FN6O4S. The number of fused-ring (bicyclic) bond motifs is 1. The molecule has 12 heteroatoms. The van der Waals surface area contributed by atoms with Gasteiger partial charge in [-0.25, -0.2) is 26.9 Å². The monoisotopic (exact) mass is 626 g/mol. The van der Waals surface area contributed by atoms with Gasteiger partial charge in [-0.15, -0.1) is 0 Å². The summed E-state index contributed by atoms with van der Waals surface area (Å²) in [6, 6.07) is 19.8. The van der Waals surface area contributed by atoms with Crippen LogP contribution in [0.3, 0.4) is 0 Å². The van der Waals surface area contributed by atoms with Gasteiger partial charge in [-0.3, -0.25) is 14.6 Å². The SMILES string of the molecule is CCN(n1cc2nc(-c3ccc(F)cc3)c(C(=O)NC)c-2cc1-c1cccc(C(=O)NC2(c3ccccn3)CC2)c1)S(C)(=O)=O. The lowest BCUT2D eigenvalue weighted by Crippen LogP contribution is -2.40. The van der Waals surface area contributed by atoms with E-state index in [1.807, 2.05) is 18.2 Å². The Morgan fingerprint density at radius 2 is 1.76 bits per heavy atom. The molecule has 1 aliphatic carbocycles. The number of amides is 2. The van der Waals surface area contributed by atoms with Crippen LogP contribution in [0.5, 0.6) is 0 Å². The molecule has 0 spiro atoms. The van der Waals surface area contributed by atoms with Gasteiger partial charge in [0.2, 0.25) is 10.0 Å². The molecule has 10 nitrogen and oxygen atoms in total. The van der Waals surface area contributed by atoms with Crippen LogP contribution in [-0.4, -0.2) is 54.7 Å². The second-order valence-corrected chi connectivity index (χ2v) is 12.8. The van der Waals surface area contributed by atoms with Crippen LogP contribution >= 0.6 is 0 Å². The summed E-state index contributed by atoms with van der Waals surface area (Å²) < 4.78 is 42.3. The molecule has 230 valence electrons. The highest BCUT2D eigenvalue weighted by atomic mass is 32.2. The van der Waals surface area contributed by atoms with Crippen LogP contribution in [0.25, 0.3) is 33.8 Å². The molecule has 1 saturated carbocycles. The number of pyridine rings is 2. The first-order valence-corrected chi connectivity index (χ1v) is 16.3. The van der Waals surface area contributed by atoms with Crippen molar-refractivity contribution in [2.24, 2.45) is 0 Å². The summed E-state index contributed by atoms with van der Waals surface area (Å²) in [7, 11) is -2.26. The number of sulfonamides is 1. The number of hydrogen-bond acceptors (Lipinski definition) is 6. The minimum absolute atomic E-state index is 0.0998. The number of carbonyl (C=O) groups excluding carboxylic acids is 2. The second-order valence-electron chi connectivity index (χ2n) is 11.0. The third-order valence-electron chi connectivity index (χ3n) is 7.93. The standard InChI is InChI=1S/C33H31FN6O4S/c1-4-40(45(3,43)44)39-20-26-25(29(32(42)35-2)30(37-26)21-11-13-24(34)14-12-21)19-27(39)22-8-7-9-23(18-22)31(41)38-33(15-16-33)28-10-5-6-17-36-28/h5-14,17-20H,4,15-16H2,1-3H3,(H,35,42)(H,38,41). The zero-order valence-corrected chi connectivity index (χ0v) is 25.7. The number of halogens is 1. The van der Waals surface area contributed by atoms with E-state index in [4.69, 9.17) is 4.98 Å². The molecule has 2 N–H and O–H groups in total. The molecule has 1 fully saturated rings. The van der Waals surface area contributed by atoms with Crippen molar-refractivity contribution in [2.45, 2.75) is 25.3 Å². The lowest BCUT2D eigenvalue weighted by molar-refractivity contribution is 0.0928. The molecule has 1 aromatic heterocycles. The molecule has 0 radical (unpaired) electrons. The number of nitrogens with one attached hydrogen (secondary N) is 2. The van der Waals surface area contributed by atoms with Gasteiger partial charge < -0.3 is 10.6 Å². The number of carbonyl (C=O) groups is 2. The van der Waals surface area contributed by atoms with Gasteiger partial charge in [-0.05, 0) is 74.4 Å². The fraction of sp³-hybridized carbons (Fsp3) is 0.212. The van der Waals surface area contributed by atoms with Crippen LogP contribution in [0.2, 0.25) is 0 Å². The quantitative estimate of drug-likeness (QED) is 0.247. The molecule has 2 aliphatic heterocycles. The van der Waals surface area contributed by atoms with Gasteiger partial charge in [0.25, 0.3) is 11.8 Å². The highest BCUT2D eigenvalue weighted by Gasteiger charge is 2.47. The summed E-state index contributed by atoms with van der Waals surface area (Å²) >= 11 is 0. The predicted molar refractivity (Wildman–Crippen MR) is 169 cm³/mol. The van der Waals surface area contributed by atoms with Crippen LogP contribution in [0.1, 0.15) is 46.2 Å². The second kappa shape index (κ2) is 11.4. The maximum Gasteiger partial charge on any atom is 0.253 e. The first-order valence-electron chi connectivity index (χ1n) is 14.4. The number of benzene rings is 2. The molecule has 45 heavy (non-hydrogen) atoms. The van der Waals surface area contributed by atoms with E-state index in [0.29, 0.717) is 39.3 Å². The van der Waals surface area contributed by atoms with Crippen molar-refractivity contribution in [1.29, 1.82) is 0 Å². The molecule has 0 saturated heterocycles. The largest absolute Gasteiger partial charge is 0.355 e. The minimum atomic E-state index is -3.76. The van der Waals surface area contributed by atoms with Gasteiger partial charge in [-0.1, -0.05) is 18.2 Å². The Bertz CT molecular complexity index is 1990. The van der Waals surface area contributed by atoms with E-state index in [0.717, 1.165) is 24.8 Å². The lowest BCUT2D eigenvalue weighted by atomic mass is 9.99. The summed E-state index contributed by atoms with van der Waals surface area (Å²) in [4.78, 5) is 35.9. The van der Waals surface area contributed by atoms with E-state index < -0.39 is 27.3 Å². The van der Waals surface area contributed by atoms with Crippen molar-refractivity contribution >= 4 is 21.8 Å². The van der Waals surface area contributed by atoms with Crippen molar-refractivity contribution in [3.63, 3.8) is 0 Å². The topological polar surface area (TPSA) is 126 Å². The van der Waals surface area contributed by atoms with Gasteiger partial charge in [-0.2, -0.15) is 0 Å². The van der Waals surface area contributed by atoms with Crippen molar-refractivity contribution in [3.8, 4) is 33.8 Å². The van der Waals surface area contributed by atoms with Gasteiger partial charge in [0, 0.05) is 42.0 Å². The Balaban J connectivity index is 1.51. The Labute approximate surface area is 260 Å². The summed E-state index contributed by atoms with van der Waals surface area (Å²) in [5, 5.41) is 5.79. The third-order valence-corrected chi connectivity index (χ3v) is 9.13. The highest BCUT2D eigenvalue weighted by Crippen LogP contribution is 2.45. The van der Waals surface area contributed by atoms with E-state index in [1.54, 1.807) is 49.6 Å². The van der Waals surface area contributed by atoms with Crippen LogP contribution in [0, 0.1) is 5.82 Å². The highest BCUT2D eigenvalue weighted by molar-refractivity contribution is 7.91. The summed E-state index contributed by atoms with van der Waals surface area (Å²) in [6.45, 7) is 1.81. The first kappa shape index (κ1) is 29.9. The zero-order chi connectivity index (χ0) is 31.9.